The van der Waals surface area contributed by atoms with E-state index in [-0.39, 0.29) is 0 Å². The number of fused-ring (bicyclic) bond motifs is 4. The molecule has 0 nitrogen and oxygen atoms in total. The number of hydrogen-bond donors (Lipinski definition) is 0. The summed E-state index contributed by atoms with van der Waals surface area (Å²) in [5, 5.41) is 0. The summed E-state index contributed by atoms with van der Waals surface area (Å²) in [6.45, 7) is 7.41. The van der Waals surface area contributed by atoms with Gasteiger partial charge < -0.3 is 0 Å². The molecule has 3 rings (SSSR count). The lowest BCUT2D eigenvalue weighted by Crippen LogP contribution is -2.61. The van der Waals surface area contributed by atoms with Gasteiger partial charge in [-0.05, 0) is 54.3 Å². The van der Waals surface area contributed by atoms with Crippen LogP contribution < -0.4 is 0 Å². The molecule has 0 aromatic carbocycles. The van der Waals surface area contributed by atoms with Gasteiger partial charge in [-0.3, -0.25) is 0 Å². The second-order valence-electron chi connectivity index (χ2n) is 5.78. The van der Waals surface area contributed by atoms with Crippen LogP contribution in [0.25, 0.3) is 0 Å². The van der Waals surface area contributed by atoms with Crippen LogP contribution in [0.2, 0.25) is 0 Å². The van der Waals surface area contributed by atoms with Crippen molar-refractivity contribution in [3.05, 3.63) is 0 Å². The molecule has 3 fully saturated rings. The summed E-state index contributed by atoms with van der Waals surface area (Å²) in [6.07, 6.45) is 3.12. The summed E-state index contributed by atoms with van der Waals surface area (Å²) < 4.78 is 0. The van der Waals surface area contributed by atoms with Crippen LogP contribution in [-0.4, -0.2) is 0 Å². The summed E-state index contributed by atoms with van der Waals surface area (Å²) in [7, 11) is 0. The monoisotopic (exact) mass is 164 g/mol. The first-order valence-electron chi connectivity index (χ1n) is 5.70. The molecule has 3 aliphatic rings. The van der Waals surface area contributed by atoms with Gasteiger partial charge in [0.15, 0.2) is 0 Å². The van der Waals surface area contributed by atoms with Gasteiger partial charge in [-0.1, -0.05) is 20.8 Å². The Morgan fingerprint density at radius 3 is 1.58 bits per heavy atom. The van der Waals surface area contributed by atoms with Crippen molar-refractivity contribution in [1.29, 1.82) is 0 Å². The average molecular weight is 164 g/mol. The SMILES string of the molecule is CC1CC2C(C1)C1C(C)C(C)C21. The fraction of sp³-hybridized carbons (Fsp3) is 1.00. The molecular formula is C12H20. The maximum atomic E-state index is 2.48. The average Bonchev–Trinajstić information content (AvgIpc) is 2.31. The van der Waals surface area contributed by atoms with Crippen molar-refractivity contribution in [1.82, 2.24) is 0 Å². The zero-order valence-corrected chi connectivity index (χ0v) is 8.46. The molecule has 0 radical (unpaired) electrons. The van der Waals surface area contributed by atoms with Crippen molar-refractivity contribution in [3.8, 4) is 0 Å². The topological polar surface area (TPSA) is 0 Å². The molecule has 6 atom stereocenters. The Balaban J connectivity index is 1.79. The van der Waals surface area contributed by atoms with E-state index in [0.717, 1.165) is 41.4 Å². The van der Waals surface area contributed by atoms with E-state index in [0.29, 0.717) is 0 Å². The Labute approximate surface area is 75.7 Å². The van der Waals surface area contributed by atoms with Gasteiger partial charge in [-0.25, -0.2) is 0 Å². The van der Waals surface area contributed by atoms with E-state index in [4.69, 9.17) is 0 Å². The maximum Gasteiger partial charge on any atom is -0.0321 e. The van der Waals surface area contributed by atoms with E-state index >= 15 is 0 Å². The first kappa shape index (κ1) is 7.41. The normalized spacial score (nSPS) is 67.8. The van der Waals surface area contributed by atoms with E-state index in [1.807, 2.05) is 0 Å². The van der Waals surface area contributed by atoms with Gasteiger partial charge in [0.2, 0.25) is 0 Å². The standard InChI is InChI=1S/C12H20/c1-6-4-9-10(5-6)12-8(3)7(2)11(9)12/h6-12H,4-5H2,1-3H3. The zero-order valence-electron chi connectivity index (χ0n) is 8.46. The van der Waals surface area contributed by atoms with Crippen molar-refractivity contribution in [2.24, 2.45) is 41.4 Å². The lowest BCUT2D eigenvalue weighted by atomic mass is 9.39. The molecule has 0 heterocycles. The molecule has 0 bridgehead atoms. The predicted molar refractivity (Wildman–Crippen MR) is 50.7 cm³/mol. The third kappa shape index (κ3) is 0.625. The molecule has 3 aliphatic carbocycles. The molecule has 0 aromatic heterocycles. The molecular weight excluding hydrogens is 144 g/mol. The smallest absolute Gasteiger partial charge is 0.0321 e. The van der Waals surface area contributed by atoms with Crippen molar-refractivity contribution in [2.45, 2.75) is 33.6 Å². The maximum absolute atomic E-state index is 2.48. The molecule has 0 spiro atoms. The Kier molecular flexibility index (Phi) is 1.28. The first-order chi connectivity index (χ1) is 5.70. The molecule has 12 heavy (non-hydrogen) atoms. The van der Waals surface area contributed by atoms with Crippen LogP contribution in [0.1, 0.15) is 33.6 Å². The number of rotatable bonds is 0. The van der Waals surface area contributed by atoms with Crippen LogP contribution in [0.3, 0.4) is 0 Å². The van der Waals surface area contributed by atoms with Gasteiger partial charge in [-0.15, -0.1) is 0 Å². The minimum absolute atomic E-state index is 1.05. The van der Waals surface area contributed by atoms with Gasteiger partial charge in [0, 0.05) is 0 Å². The number of hydrogen-bond acceptors (Lipinski definition) is 0. The molecule has 68 valence electrons. The Bertz CT molecular complexity index is 174. The fourth-order valence-electron chi connectivity index (χ4n) is 4.72. The highest BCUT2D eigenvalue weighted by Crippen LogP contribution is 2.70. The van der Waals surface area contributed by atoms with Crippen LogP contribution in [0.4, 0.5) is 0 Å². The van der Waals surface area contributed by atoms with Crippen LogP contribution in [0.5, 0.6) is 0 Å². The van der Waals surface area contributed by atoms with Crippen LogP contribution in [-0.2, 0) is 0 Å². The van der Waals surface area contributed by atoms with Gasteiger partial charge in [-0.2, -0.15) is 0 Å². The highest BCUT2D eigenvalue weighted by atomic mass is 14.7. The lowest BCUT2D eigenvalue weighted by Gasteiger charge is -2.65. The second-order valence-corrected chi connectivity index (χ2v) is 5.78. The molecule has 0 heteroatoms. The highest BCUT2D eigenvalue weighted by molar-refractivity contribution is 5.12. The van der Waals surface area contributed by atoms with Gasteiger partial charge >= 0.3 is 0 Å². The third-order valence-electron chi connectivity index (χ3n) is 5.38. The Hall–Kier alpha value is 0. The van der Waals surface area contributed by atoms with E-state index < -0.39 is 0 Å². The van der Waals surface area contributed by atoms with Crippen LogP contribution in [0, 0.1) is 41.4 Å². The molecule has 0 aromatic rings. The lowest BCUT2D eigenvalue weighted by molar-refractivity contribution is -0.178. The van der Waals surface area contributed by atoms with E-state index in [2.05, 4.69) is 20.8 Å². The van der Waals surface area contributed by atoms with Crippen molar-refractivity contribution in [2.75, 3.05) is 0 Å². The largest absolute Gasteiger partial charge is 0.0625 e. The highest BCUT2D eigenvalue weighted by Gasteiger charge is 2.64. The van der Waals surface area contributed by atoms with E-state index in [1.54, 1.807) is 12.8 Å². The molecule has 6 unspecified atom stereocenters. The first-order valence-corrected chi connectivity index (χ1v) is 5.70. The van der Waals surface area contributed by atoms with E-state index in [9.17, 15) is 0 Å². The molecule has 0 amide bonds. The fourth-order valence-corrected chi connectivity index (χ4v) is 4.72. The van der Waals surface area contributed by atoms with Crippen molar-refractivity contribution >= 4 is 0 Å². The Morgan fingerprint density at radius 1 is 0.750 bits per heavy atom. The van der Waals surface area contributed by atoms with Crippen LogP contribution in [0.15, 0.2) is 0 Å². The summed E-state index contributed by atoms with van der Waals surface area (Å²) in [5.41, 5.74) is 0. The zero-order chi connectivity index (χ0) is 8.46. The van der Waals surface area contributed by atoms with Gasteiger partial charge in [0.1, 0.15) is 0 Å². The van der Waals surface area contributed by atoms with Gasteiger partial charge in [0.05, 0.1) is 0 Å². The summed E-state index contributed by atoms with van der Waals surface area (Å²) >= 11 is 0. The quantitative estimate of drug-likeness (QED) is 0.516. The van der Waals surface area contributed by atoms with Crippen LogP contribution >= 0.6 is 0 Å². The molecule has 0 aliphatic heterocycles. The molecule has 0 saturated heterocycles. The van der Waals surface area contributed by atoms with Gasteiger partial charge in [0.25, 0.3) is 0 Å². The van der Waals surface area contributed by atoms with E-state index in [1.165, 1.54) is 0 Å². The van der Waals surface area contributed by atoms with Crippen molar-refractivity contribution < 1.29 is 0 Å². The second kappa shape index (κ2) is 2.08. The minimum atomic E-state index is 1.05. The summed E-state index contributed by atoms with van der Waals surface area (Å²) in [6, 6.07) is 0. The predicted octanol–water partition coefficient (Wildman–Crippen LogP) is 3.18. The summed E-state index contributed by atoms with van der Waals surface area (Å²) in [5.74, 6) is 7.81. The molecule has 3 saturated carbocycles. The van der Waals surface area contributed by atoms with Crippen molar-refractivity contribution in [3.63, 3.8) is 0 Å². The Morgan fingerprint density at radius 2 is 1.17 bits per heavy atom. The third-order valence-corrected chi connectivity index (χ3v) is 5.38. The summed E-state index contributed by atoms with van der Waals surface area (Å²) in [4.78, 5) is 0. The minimum Gasteiger partial charge on any atom is -0.0625 e. The molecule has 0 N–H and O–H groups in total.